The molecule has 11 heavy (non-hydrogen) atoms. The Morgan fingerprint density at radius 3 is 1.64 bits per heavy atom. The molecule has 68 valence electrons. The van der Waals surface area contributed by atoms with Crippen LogP contribution in [0.2, 0.25) is 0 Å². The molecule has 0 radical (unpaired) electrons. The minimum Gasteiger partial charge on any atom is -0.466 e. The third kappa shape index (κ3) is 84.5. The van der Waals surface area contributed by atoms with Crippen molar-refractivity contribution in [2.75, 3.05) is 6.61 Å². The molecule has 0 aromatic heterocycles. The molecule has 0 heterocycles. The van der Waals surface area contributed by atoms with Crippen LogP contribution in [0.5, 0.6) is 0 Å². The van der Waals surface area contributed by atoms with Crippen LogP contribution in [0.3, 0.4) is 0 Å². The summed E-state index contributed by atoms with van der Waals surface area (Å²) in [5, 5.41) is 0. The lowest BCUT2D eigenvalue weighted by atomic mass is 10.8. The summed E-state index contributed by atoms with van der Waals surface area (Å²) in [5.74, 6) is -0.211. The van der Waals surface area contributed by atoms with Gasteiger partial charge in [-0.25, -0.2) is 0 Å². The Morgan fingerprint density at radius 2 is 1.64 bits per heavy atom. The average molecular weight is 184 g/mol. The number of rotatable bonds is 1. The highest BCUT2D eigenvalue weighted by molar-refractivity contribution is 6.46. The van der Waals surface area contributed by atoms with Gasteiger partial charge in [0, 0.05) is 6.92 Å². The fourth-order valence-electron chi connectivity index (χ4n) is 0.203. The quantitative estimate of drug-likeness (QED) is 0.276. The lowest BCUT2D eigenvalue weighted by Crippen LogP contribution is -2.33. The van der Waals surface area contributed by atoms with E-state index in [9.17, 15) is 4.79 Å². The standard InChI is InChI=1S/C4H8O2.H4O4Si/c1-3-6-4(2)5;1-5(2,3)4/h3H2,1-2H3;1-4H. The molecule has 0 bridgehead atoms. The van der Waals surface area contributed by atoms with Gasteiger partial charge in [-0.1, -0.05) is 0 Å². The van der Waals surface area contributed by atoms with Gasteiger partial charge < -0.3 is 23.9 Å². The molecule has 0 aliphatic carbocycles. The molecule has 0 amide bonds. The van der Waals surface area contributed by atoms with Crippen molar-refractivity contribution in [3.8, 4) is 0 Å². The highest BCUT2D eigenvalue weighted by Gasteiger charge is 2.22. The van der Waals surface area contributed by atoms with Crippen molar-refractivity contribution in [1.29, 1.82) is 0 Å². The van der Waals surface area contributed by atoms with Crippen LogP contribution in [0.25, 0.3) is 0 Å². The van der Waals surface area contributed by atoms with E-state index in [0.29, 0.717) is 6.61 Å². The van der Waals surface area contributed by atoms with Crippen molar-refractivity contribution in [3.63, 3.8) is 0 Å². The normalized spacial score (nSPS) is 9.64. The van der Waals surface area contributed by atoms with Gasteiger partial charge in [-0.15, -0.1) is 0 Å². The second kappa shape index (κ2) is 6.25. The topological polar surface area (TPSA) is 107 Å². The van der Waals surface area contributed by atoms with E-state index >= 15 is 0 Å². The van der Waals surface area contributed by atoms with Gasteiger partial charge in [-0.3, -0.25) is 4.79 Å². The first-order chi connectivity index (χ1) is 4.77. The minimum absolute atomic E-state index is 0.211. The number of hydrogen-bond donors (Lipinski definition) is 4. The van der Waals surface area contributed by atoms with Crippen molar-refractivity contribution < 1.29 is 28.7 Å². The van der Waals surface area contributed by atoms with E-state index in [1.54, 1.807) is 6.92 Å². The Kier molecular flexibility index (Phi) is 7.47. The smallest absolute Gasteiger partial charge is 0.466 e. The van der Waals surface area contributed by atoms with Crippen LogP contribution >= 0.6 is 0 Å². The second-order valence-electron chi connectivity index (χ2n) is 1.52. The van der Waals surface area contributed by atoms with Crippen molar-refractivity contribution in [3.05, 3.63) is 0 Å². The van der Waals surface area contributed by atoms with E-state index in [1.165, 1.54) is 6.92 Å². The second-order valence-corrected chi connectivity index (χ2v) is 2.72. The van der Waals surface area contributed by atoms with Gasteiger partial charge in [0.2, 0.25) is 0 Å². The molecule has 0 atom stereocenters. The fraction of sp³-hybridized carbons (Fsp3) is 0.750. The predicted molar refractivity (Wildman–Crippen MR) is 36.9 cm³/mol. The Balaban J connectivity index is 0. The third-order valence-corrected chi connectivity index (χ3v) is 0.348. The molecule has 0 aromatic carbocycles. The molecule has 4 N–H and O–H groups in total. The molecule has 7 heteroatoms. The Bertz CT molecular complexity index is 102. The summed E-state index contributed by atoms with van der Waals surface area (Å²) in [6, 6.07) is 0. The van der Waals surface area contributed by atoms with Gasteiger partial charge in [0.1, 0.15) is 0 Å². The first-order valence-corrected chi connectivity index (χ1v) is 4.59. The van der Waals surface area contributed by atoms with Gasteiger partial charge in [0.25, 0.3) is 0 Å². The van der Waals surface area contributed by atoms with E-state index in [2.05, 4.69) is 4.74 Å². The molecule has 6 nitrogen and oxygen atoms in total. The molecule has 0 rings (SSSR count). The van der Waals surface area contributed by atoms with E-state index in [1.807, 2.05) is 0 Å². The Morgan fingerprint density at radius 1 is 1.36 bits per heavy atom. The molecule has 0 unspecified atom stereocenters. The minimum atomic E-state index is -4.61. The van der Waals surface area contributed by atoms with Gasteiger partial charge in [0.05, 0.1) is 6.61 Å². The number of carbonyl (C=O) groups excluding carboxylic acids is 1. The maximum Gasteiger partial charge on any atom is 0.668 e. The van der Waals surface area contributed by atoms with Crippen molar-refractivity contribution in [1.82, 2.24) is 0 Å². The van der Waals surface area contributed by atoms with Crippen LogP contribution in [-0.4, -0.2) is 40.8 Å². The third-order valence-electron chi connectivity index (χ3n) is 0.348. The monoisotopic (exact) mass is 184 g/mol. The van der Waals surface area contributed by atoms with Gasteiger partial charge in [0.15, 0.2) is 0 Å². The lowest BCUT2D eigenvalue weighted by molar-refractivity contribution is -0.140. The molecule has 0 aliphatic rings. The van der Waals surface area contributed by atoms with E-state index in [-0.39, 0.29) is 5.97 Å². The van der Waals surface area contributed by atoms with E-state index < -0.39 is 9.05 Å². The molecule has 0 saturated carbocycles. The van der Waals surface area contributed by atoms with Crippen LogP contribution in [0.1, 0.15) is 13.8 Å². The first-order valence-electron chi connectivity index (χ1n) is 2.80. The highest BCUT2D eigenvalue weighted by Crippen LogP contribution is 1.69. The highest BCUT2D eigenvalue weighted by atomic mass is 28.4. The molecule has 0 fully saturated rings. The average Bonchev–Trinajstić information content (AvgIpc) is 1.58. The summed E-state index contributed by atoms with van der Waals surface area (Å²) in [5.41, 5.74) is 0. The zero-order chi connectivity index (χ0) is 9.49. The molecular weight excluding hydrogens is 172 g/mol. The summed E-state index contributed by atoms with van der Waals surface area (Å²) >= 11 is 0. The van der Waals surface area contributed by atoms with Gasteiger partial charge in [-0.05, 0) is 6.92 Å². The van der Waals surface area contributed by atoms with Gasteiger partial charge >= 0.3 is 15.0 Å². The maximum atomic E-state index is 9.82. The van der Waals surface area contributed by atoms with Crippen molar-refractivity contribution in [2.45, 2.75) is 13.8 Å². The van der Waals surface area contributed by atoms with E-state index in [4.69, 9.17) is 19.2 Å². The fourth-order valence-corrected chi connectivity index (χ4v) is 0.203. The summed E-state index contributed by atoms with van der Waals surface area (Å²) < 4.78 is 4.40. The zero-order valence-electron chi connectivity index (χ0n) is 6.31. The summed E-state index contributed by atoms with van der Waals surface area (Å²) in [7, 11) is -4.61. The molecule has 0 spiro atoms. The summed E-state index contributed by atoms with van der Waals surface area (Å²) in [6.45, 7) is 3.65. The van der Waals surface area contributed by atoms with Crippen LogP contribution in [0.4, 0.5) is 0 Å². The van der Waals surface area contributed by atoms with Crippen LogP contribution in [0, 0.1) is 0 Å². The number of carbonyl (C=O) groups is 1. The Hall–Kier alpha value is -0.473. The van der Waals surface area contributed by atoms with Crippen LogP contribution < -0.4 is 0 Å². The molecule has 0 saturated heterocycles. The molecular formula is C4H12O6Si. The Labute approximate surface area is 65.2 Å². The SMILES string of the molecule is CCOC(C)=O.O[Si](O)(O)O. The summed E-state index contributed by atoms with van der Waals surface area (Å²) in [4.78, 5) is 39.1. The first kappa shape index (κ1) is 13.1. The molecule has 0 aliphatic heterocycles. The van der Waals surface area contributed by atoms with Crippen molar-refractivity contribution >= 4 is 15.0 Å². The number of esters is 1. The maximum absolute atomic E-state index is 9.82. The lowest BCUT2D eigenvalue weighted by Gasteiger charge is -1.91. The van der Waals surface area contributed by atoms with Crippen molar-refractivity contribution in [2.24, 2.45) is 0 Å². The summed E-state index contributed by atoms with van der Waals surface area (Å²) in [6.07, 6.45) is 0. The zero-order valence-corrected chi connectivity index (χ0v) is 7.31. The predicted octanol–water partition coefficient (Wildman–Crippen LogP) is -2.04. The largest absolute Gasteiger partial charge is 0.668 e. The number of ether oxygens (including phenoxy) is 1. The van der Waals surface area contributed by atoms with Gasteiger partial charge in [-0.2, -0.15) is 0 Å². The molecule has 0 aromatic rings. The van der Waals surface area contributed by atoms with Crippen LogP contribution in [0.15, 0.2) is 0 Å². The number of hydrogen-bond acceptors (Lipinski definition) is 6. The van der Waals surface area contributed by atoms with E-state index in [0.717, 1.165) is 0 Å². The van der Waals surface area contributed by atoms with Crippen LogP contribution in [-0.2, 0) is 9.53 Å².